The van der Waals surface area contributed by atoms with Crippen molar-refractivity contribution in [2.75, 3.05) is 6.54 Å². The van der Waals surface area contributed by atoms with Gasteiger partial charge in [-0.15, -0.1) is 0 Å². The fraction of sp³-hybridized carbons (Fsp3) is 0.417. The molecule has 6 nitrogen and oxygen atoms in total. The molecule has 1 saturated carbocycles. The molecule has 2 aliphatic heterocycles. The Kier molecular flexibility index (Phi) is 6.67. The minimum Gasteiger partial charge on any atom is -0.472 e. The summed E-state index contributed by atoms with van der Waals surface area (Å²) in [7, 11) is 0. The Morgan fingerprint density at radius 1 is 1.15 bits per heavy atom. The Hall–Kier alpha value is -3.30. The topological polar surface area (TPSA) is 68.2 Å². The zero-order valence-corrected chi connectivity index (χ0v) is 18.7. The van der Waals surface area contributed by atoms with Gasteiger partial charge in [0.25, 0.3) is 5.91 Å². The first-order chi connectivity index (χ1) is 16.1. The zero-order chi connectivity index (χ0) is 24.5. The number of carbonyl (C=O) groups is 1. The molecule has 1 aliphatic carbocycles. The average molecular weight is 476 g/mol. The van der Waals surface area contributed by atoms with Gasteiger partial charge in [-0.05, 0) is 57.2 Å². The van der Waals surface area contributed by atoms with Crippen LogP contribution in [-0.4, -0.2) is 44.4 Å². The highest BCUT2D eigenvalue weighted by atomic mass is 19.4. The standard InChI is InChI=1S/C24H24F4N4O2/c1-14(25)10-18(22-29-8-3-9-30-22)15(2)23(33)32-13-16-4-6-19(32)20(11-16)34-21-7-5-17(12-31-21)24(26,27)28/h3,5,7-10,12,16,19-20H,4,6,11,13H2,1-2H3/b14-10+,18-15-. The molecule has 3 atom stereocenters. The predicted octanol–water partition coefficient (Wildman–Crippen LogP) is 5.00. The lowest BCUT2D eigenvalue weighted by Gasteiger charge is -2.49. The number of aromatic nitrogens is 3. The minimum absolute atomic E-state index is 0.0829. The van der Waals surface area contributed by atoms with E-state index in [1.54, 1.807) is 17.9 Å². The van der Waals surface area contributed by atoms with Gasteiger partial charge < -0.3 is 9.64 Å². The smallest absolute Gasteiger partial charge is 0.417 e. The molecule has 4 heterocycles. The van der Waals surface area contributed by atoms with Gasteiger partial charge in [-0.25, -0.2) is 19.3 Å². The molecule has 34 heavy (non-hydrogen) atoms. The maximum Gasteiger partial charge on any atom is 0.417 e. The molecular weight excluding hydrogens is 452 g/mol. The number of carbonyl (C=O) groups excluding carboxylic acids is 1. The highest BCUT2D eigenvalue weighted by molar-refractivity contribution is 6.02. The van der Waals surface area contributed by atoms with E-state index in [4.69, 9.17) is 4.74 Å². The van der Waals surface area contributed by atoms with Crippen LogP contribution in [0.15, 0.2) is 54.3 Å². The largest absolute Gasteiger partial charge is 0.472 e. The number of allylic oxidation sites excluding steroid dienone is 3. The highest BCUT2D eigenvalue weighted by Crippen LogP contribution is 2.38. The molecule has 0 aromatic carbocycles. The van der Waals surface area contributed by atoms with Gasteiger partial charge in [-0.1, -0.05) is 0 Å². The van der Waals surface area contributed by atoms with E-state index in [0.717, 1.165) is 18.7 Å². The molecule has 1 amide bonds. The molecule has 10 heteroatoms. The van der Waals surface area contributed by atoms with E-state index in [9.17, 15) is 22.4 Å². The molecule has 2 aromatic rings. The van der Waals surface area contributed by atoms with Gasteiger partial charge in [-0.3, -0.25) is 4.79 Å². The lowest BCUT2D eigenvalue weighted by Crippen LogP contribution is -2.59. The van der Waals surface area contributed by atoms with Gasteiger partial charge in [-0.2, -0.15) is 13.2 Å². The molecule has 2 bridgehead atoms. The van der Waals surface area contributed by atoms with E-state index in [1.165, 1.54) is 31.5 Å². The van der Waals surface area contributed by atoms with E-state index in [-0.39, 0.29) is 29.6 Å². The molecule has 180 valence electrons. The second kappa shape index (κ2) is 9.52. The number of hydrogen-bond donors (Lipinski definition) is 0. The fourth-order valence-electron chi connectivity index (χ4n) is 4.57. The summed E-state index contributed by atoms with van der Waals surface area (Å²) in [4.78, 5) is 27.3. The molecule has 3 fully saturated rings. The highest BCUT2D eigenvalue weighted by Gasteiger charge is 2.45. The first kappa shape index (κ1) is 23.8. The number of ether oxygens (including phenoxy) is 1. The number of halogens is 4. The first-order valence-corrected chi connectivity index (χ1v) is 11.0. The Balaban J connectivity index is 1.58. The van der Waals surface area contributed by atoms with Crippen molar-refractivity contribution >= 4 is 11.5 Å². The molecule has 3 unspecified atom stereocenters. The van der Waals surface area contributed by atoms with Gasteiger partial charge in [0, 0.05) is 42.3 Å². The first-order valence-electron chi connectivity index (χ1n) is 11.0. The number of rotatable bonds is 5. The third-order valence-electron chi connectivity index (χ3n) is 6.19. The van der Waals surface area contributed by atoms with Crippen LogP contribution in [0.5, 0.6) is 5.88 Å². The van der Waals surface area contributed by atoms with Gasteiger partial charge in [0.15, 0.2) is 5.82 Å². The lowest BCUT2D eigenvalue weighted by atomic mass is 9.77. The quantitative estimate of drug-likeness (QED) is 0.345. The average Bonchev–Trinajstić information content (AvgIpc) is 2.82. The summed E-state index contributed by atoms with van der Waals surface area (Å²) in [6.45, 7) is 3.43. The second-order valence-electron chi connectivity index (χ2n) is 8.59. The Morgan fingerprint density at radius 3 is 2.47 bits per heavy atom. The van der Waals surface area contributed by atoms with E-state index >= 15 is 0 Å². The molecule has 5 rings (SSSR count). The van der Waals surface area contributed by atoms with Crippen LogP contribution in [0, 0.1) is 5.92 Å². The third-order valence-corrected chi connectivity index (χ3v) is 6.19. The van der Waals surface area contributed by atoms with E-state index < -0.39 is 23.7 Å². The molecular formula is C24H24F4N4O2. The summed E-state index contributed by atoms with van der Waals surface area (Å²) < 4.78 is 58.2. The summed E-state index contributed by atoms with van der Waals surface area (Å²) in [5.41, 5.74) is -0.245. The van der Waals surface area contributed by atoms with Crippen molar-refractivity contribution in [1.82, 2.24) is 19.9 Å². The van der Waals surface area contributed by atoms with E-state index in [0.29, 0.717) is 30.5 Å². The lowest BCUT2D eigenvalue weighted by molar-refractivity contribution is -0.140. The SMILES string of the molecule is C/C(C(=O)N1CC2CCC1C(Oc1ccc(C(F)(F)F)cn1)C2)=C(\C=C(/C)F)c1ncccn1. The molecule has 0 radical (unpaired) electrons. The van der Waals surface area contributed by atoms with Crippen molar-refractivity contribution in [2.24, 2.45) is 5.92 Å². The number of hydrogen-bond acceptors (Lipinski definition) is 5. The maximum absolute atomic E-state index is 13.8. The zero-order valence-electron chi connectivity index (χ0n) is 18.7. The minimum atomic E-state index is -4.48. The van der Waals surface area contributed by atoms with Crippen molar-refractivity contribution in [3.8, 4) is 5.88 Å². The summed E-state index contributed by atoms with van der Waals surface area (Å²) >= 11 is 0. The van der Waals surface area contributed by atoms with Crippen molar-refractivity contribution in [3.63, 3.8) is 0 Å². The molecule has 0 spiro atoms. The van der Waals surface area contributed by atoms with Crippen LogP contribution in [0.2, 0.25) is 0 Å². The monoisotopic (exact) mass is 476 g/mol. The van der Waals surface area contributed by atoms with Gasteiger partial charge in [0.2, 0.25) is 5.88 Å². The number of nitrogens with zero attached hydrogens (tertiary/aromatic N) is 4. The Labute approximate surface area is 194 Å². The van der Waals surface area contributed by atoms with Gasteiger partial charge in [0.1, 0.15) is 6.10 Å². The summed E-state index contributed by atoms with van der Waals surface area (Å²) in [6, 6.07) is 3.48. The van der Waals surface area contributed by atoms with Crippen LogP contribution in [-0.2, 0) is 11.0 Å². The third kappa shape index (κ3) is 5.10. The van der Waals surface area contributed by atoms with Crippen LogP contribution < -0.4 is 4.74 Å². The fourth-order valence-corrected chi connectivity index (χ4v) is 4.57. The predicted molar refractivity (Wildman–Crippen MR) is 116 cm³/mol. The number of fused-ring (bicyclic) bond motifs is 3. The normalized spacial score (nSPS) is 23.5. The van der Waals surface area contributed by atoms with Crippen LogP contribution >= 0.6 is 0 Å². The number of pyridine rings is 1. The second-order valence-corrected chi connectivity index (χ2v) is 8.59. The maximum atomic E-state index is 13.8. The Bertz CT molecular complexity index is 1100. The van der Waals surface area contributed by atoms with Crippen molar-refractivity contribution in [3.05, 3.63) is 65.7 Å². The molecule has 0 N–H and O–H groups in total. The summed E-state index contributed by atoms with van der Waals surface area (Å²) in [6.07, 6.45) is 2.45. The number of alkyl halides is 3. The molecule has 2 aromatic heterocycles. The van der Waals surface area contributed by atoms with E-state index in [2.05, 4.69) is 15.0 Å². The summed E-state index contributed by atoms with van der Waals surface area (Å²) in [5, 5.41) is 0. The number of piperidine rings is 2. The van der Waals surface area contributed by atoms with E-state index in [1.807, 2.05) is 0 Å². The molecule has 3 aliphatic rings. The Morgan fingerprint density at radius 2 is 1.88 bits per heavy atom. The van der Waals surface area contributed by atoms with Crippen molar-refractivity contribution in [2.45, 2.75) is 51.4 Å². The van der Waals surface area contributed by atoms with Gasteiger partial charge in [0.05, 0.1) is 17.4 Å². The molecule has 2 saturated heterocycles. The van der Waals surface area contributed by atoms with Gasteiger partial charge >= 0.3 is 6.18 Å². The van der Waals surface area contributed by atoms with Crippen LogP contribution in [0.4, 0.5) is 17.6 Å². The summed E-state index contributed by atoms with van der Waals surface area (Å²) in [5.74, 6) is -0.238. The van der Waals surface area contributed by atoms with Crippen LogP contribution in [0.3, 0.4) is 0 Å². The van der Waals surface area contributed by atoms with Crippen molar-refractivity contribution < 1.29 is 27.1 Å². The van der Waals surface area contributed by atoms with Crippen LogP contribution in [0.25, 0.3) is 5.57 Å². The van der Waals surface area contributed by atoms with Crippen LogP contribution in [0.1, 0.15) is 44.5 Å². The van der Waals surface area contributed by atoms with Crippen molar-refractivity contribution in [1.29, 1.82) is 0 Å². The number of amides is 1.